The van der Waals surface area contributed by atoms with Gasteiger partial charge in [0.15, 0.2) is 0 Å². The average molecular weight is 299 g/mol. The van der Waals surface area contributed by atoms with Crippen LogP contribution in [0.3, 0.4) is 0 Å². The molecule has 0 fully saturated rings. The van der Waals surface area contributed by atoms with Gasteiger partial charge in [-0.25, -0.2) is 12.7 Å². The molecule has 9 heteroatoms. The Labute approximate surface area is 106 Å². The van der Waals surface area contributed by atoms with Gasteiger partial charge in [0.2, 0.25) is 10.0 Å². The number of halogens is 4. The van der Waals surface area contributed by atoms with E-state index < -0.39 is 40.8 Å². The van der Waals surface area contributed by atoms with Crippen LogP contribution in [0.5, 0.6) is 0 Å². The molecule has 1 atom stereocenters. The van der Waals surface area contributed by atoms with E-state index in [9.17, 15) is 21.6 Å². The molecule has 0 aliphatic rings. The number of nitrogens with two attached hydrogens (primary N) is 1. The van der Waals surface area contributed by atoms with Crippen molar-refractivity contribution in [3.05, 3.63) is 0 Å². The second-order valence-corrected chi connectivity index (χ2v) is 5.78. The van der Waals surface area contributed by atoms with Gasteiger partial charge in [-0.1, -0.05) is 0 Å². The highest BCUT2D eigenvalue weighted by Crippen LogP contribution is 2.22. The average Bonchev–Trinajstić information content (AvgIpc) is 2.13. The van der Waals surface area contributed by atoms with Crippen LogP contribution in [0.4, 0.5) is 13.2 Å². The van der Waals surface area contributed by atoms with Crippen molar-refractivity contribution in [2.75, 3.05) is 19.3 Å². The Morgan fingerprint density at radius 2 is 1.82 bits per heavy atom. The van der Waals surface area contributed by atoms with Gasteiger partial charge < -0.3 is 5.73 Å². The molecule has 0 saturated carbocycles. The third-order valence-corrected chi connectivity index (χ3v) is 4.31. The van der Waals surface area contributed by atoms with Crippen molar-refractivity contribution in [3.8, 4) is 0 Å². The molecule has 1 unspecified atom stereocenters. The number of hydrogen-bond acceptors (Lipinski definition) is 3. The lowest BCUT2D eigenvalue weighted by molar-refractivity contribution is -0.134. The highest BCUT2D eigenvalue weighted by Gasteiger charge is 2.29. The van der Waals surface area contributed by atoms with Gasteiger partial charge in [0.05, 0.1) is 5.75 Å². The Hall–Kier alpha value is -0.0500. The lowest BCUT2D eigenvalue weighted by atomic mass is 10.3. The molecule has 0 bridgehead atoms. The predicted octanol–water partition coefficient (Wildman–Crippen LogP) is 1.36. The summed E-state index contributed by atoms with van der Waals surface area (Å²) in [5, 5.41) is 0. The zero-order chi connectivity index (χ0) is 13.0. The van der Waals surface area contributed by atoms with E-state index in [0.717, 1.165) is 4.31 Å². The molecular formula is C8H18ClF3N2O2S. The largest absolute Gasteiger partial charge is 0.389 e. The second kappa shape index (κ2) is 7.40. The van der Waals surface area contributed by atoms with Gasteiger partial charge in [-0.2, -0.15) is 13.2 Å². The van der Waals surface area contributed by atoms with Crippen LogP contribution in [-0.4, -0.2) is 44.3 Å². The highest BCUT2D eigenvalue weighted by molar-refractivity contribution is 7.89. The molecule has 0 aliphatic carbocycles. The van der Waals surface area contributed by atoms with E-state index in [1.165, 1.54) is 7.05 Å². The Morgan fingerprint density at radius 1 is 1.35 bits per heavy atom. The van der Waals surface area contributed by atoms with Crippen molar-refractivity contribution in [1.82, 2.24) is 4.31 Å². The van der Waals surface area contributed by atoms with Crippen LogP contribution in [0.15, 0.2) is 0 Å². The molecule has 0 aromatic carbocycles. The lowest BCUT2D eigenvalue weighted by Crippen LogP contribution is -2.41. The van der Waals surface area contributed by atoms with Crippen molar-refractivity contribution in [1.29, 1.82) is 0 Å². The Morgan fingerprint density at radius 3 is 2.18 bits per heavy atom. The molecular weight excluding hydrogens is 281 g/mol. The van der Waals surface area contributed by atoms with Crippen LogP contribution in [-0.2, 0) is 10.0 Å². The number of likely N-dealkylation sites (N-methyl/N-ethyl adjacent to an activating group) is 1. The van der Waals surface area contributed by atoms with Crippen LogP contribution in [0.2, 0.25) is 0 Å². The predicted molar refractivity (Wildman–Crippen MR) is 62.6 cm³/mol. The molecule has 0 aliphatic heterocycles. The van der Waals surface area contributed by atoms with E-state index in [1.54, 1.807) is 6.92 Å². The smallest absolute Gasteiger partial charge is 0.329 e. The molecule has 17 heavy (non-hydrogen) atoms. The Balaban J connectivity index is 0. The molecule has 0 aromatic heterocycles. The summed E-state index contributed by atoms with van der Waals surface area (Å²) in [6.45, 7) is 1.73. The second-order valence-electron chi connectivity index (χ2n) is 3.64. The number of sulfonamides is 1. The zero-order valence-electron chi connectivity index (χ0n) is 9.70. The fraction of sp³-hybridized carbons (Fsp3) is 1.00. The first-order chi connectivity index (χ1) is 7.10. The van der Waals surface area contributed by atoms with Gasteiger partial charge in [-0.05, 0) is 13.3 Å². The molecule has 4 nitrogen and oxygen atoms in total. The molecule has 2 N–H and O–H groups in total. The van der Waals surface area contributed by atoms with E-state index >= 15 is 0 Å². The maximum atomic E-state index is 11.8. The van der Waals surface area contributed by atoms with Gasteiger partial charge in [0.1, 0.15) is 0 Å². The Bertz CT molecular complexity index is 308. The molecule has 0 spiro atoms. The third kappa shape index (κ3) is 7.80. The fourth-order valence-corrected chi connectivity index (χ4v) is 2.45. The van der Waals surface area contributed by atoms with E-state index in [1.807, 2.05) is 0 Å². The van der Waals surface area contributed by atoms with Gasteiger partial charge in [-0.3, -0.25) is 0 Å². The summed E-state index contributed by atoms with van der Waals surface area (Å²) in [6.07, 6.45) is -5.82. The monoisotopic (exact) mass is 298 g/mol. The summed E-state index contributed by atoms with van der Waals surface area (Å²) in [7, 11) is -2.32. The third-order valence-electron chi connectivity index (χ3n) is 2.26. The van der Waals surface area contributed by atoms with Crippen molar-refractivity contribution >= 4 is 22.4 Å². The number of hydrogen-bond donors (Lipinski definition) is 1. The van der Waals surface area contributed by atoms with Crippen molar-refractivity contribution in [2.45, 2.75) is 32.0 Å². The maximum absolute atomic E-state index is 11.8. The maximum Gasteiger partial charge on any atom is 0.389 e. The summed E-state index contributed by atoms with van der Waals surface area (Å²) >= 11 is 0. The standard InChI is InChI=1S/C8H17F3N2O2S.ClH/c1-7(6-12)13(2)16(14,15)5-3-4-8(9,10)11;/h7H,3-6,12H2,1-2H3;1H. The molecule has 0 amide bonds. The first-order valence-corrected chi connectivity index (χ1v) is 6.43. The summed E-state index contributed by atoms with van der Waals surface area (Å²) in [4.78, 5) is 0. The fourth-order valence-electron chi connectivity index (χ4n) is 1.02. The number of nitrogens with zero attached hydrogens (tertiary/aromatic N) is 1. The molecule has 0 saturated heterocycles. The van der Waals surface area contributed by atoms with Crippen LogP contribution in [0.1, 0.15) is 19.8 Å². The van der Waals surface area contributed by atoms with Gasteiger partial charge in [-0.15, -0.1) is 12.4 Å². The minimum atomic E-state index is -4.31. The molecule has 0 radical (unpaired) electrons. The molecule has 106 valence electrons. The van der Waals surface area contributed by atoms with E-state index in [4.69, 9.17) is 5.73 Å². The molecule has 0 aromatic rings. The van der Waals surface area contributed by atoms with Crippen molar-refractivity contribution < 1.29 is 21.6 Å². The van der Waals surface area contributed by atoms with Gasteiger partial charge in [0.25, 0.3) is 0 Å². The van der Waals surface area contributed by atoms with Crippen LogP contribution >= 0.6 is 12.4 Å². The summed E-state index contributed by atoms with van der Waals surface area (Å²) < 4.78 is 59.5. The highest BCUT2D eigenvalue weighted by atomic mass is 35.5. The zero-order valence-corrected chi connectivity index (χ0v) is 11.3. The minimum Gasteiger partial charge on any atom is -0.329 e. The minimum absolute atomic E-state index is 0. The van der Waals surface area contributed by atoms with Crippen LogP contribution in [0, 0.1) is 0 Å². The van der Waals surface area contributed by atoms with Crippen molar-refractivity contribution in [3.63, 3.8) is 0 Å². The van der Waals surface area contributed by atoms with E-state index in [2.05, 4.69) is 0 Å². The first kappa shape index (κ1) is 19.3. The summed E-state index contributed by atoms with van der Waals surface area (Å²) in [5.41, 5.74) is 5.28. The number of rotatable bonds is 6. The lowest BCUT2D eigenvalue weighted by Gasteiger charge is -2.23. The van der Waals surface area contributed by atoms with Gasteiger partial charge >= 0.3 is 6.18 Å². The van der Waals surface area contributed by atoms with E-state index in [-0.39, 0.29) is 19.0 Å². The number of alkyl halides is 3. The Kier molecular flexibility index (Phi) is 8.40. The quantitative estimate of drug-likeness (QED) is 0.805. The molecule has 0 heterocycles. The SMILES string of the molecule is CC(CN)N(C)S(=O)(=O)CCCC(F)(F)F.Cl. The van der Waals surface area contributed by atoms with E-state index in [0.29, 0.717) is 0 Å². The summed E-state index contributed by atoms with van der Waals surface area (Å²) in [5.74, 6) is -0.507. The summed E-state index contributed by atoms with van der Waals surface area (Å²) in [6, 6.07) is -0.407. The van der Waals surface area contributed by atoms with Crippen molar-refractivity contribution in [2.24, 2.45) is 5.73 Å². The van der Waals surface area contributed by atoms with Crippen LogP contribution in [0.25, 0.3) is 0 Å². The topological polar surface area (TPSA) is 63.4 Å². The van der Waals surface area contributed by atoms with Crippen LogP contribution < -0.4 is 5.73 Å². The van der Waals surface area contributed by atoms with Gasteiger partial charge in [0, 0.05) is 26.1 Å². The molecule has 0 rings (SSSR count). The normalized spacial score (nSPS) is 14.5. The first-order valence-electron chi connectivity index (χ1n) is 4.82.